The minimum atomic E-state index is -4.12. The average molecular weight is 423 g/mol. The number of aliphatic hydroxyl groups excluding tert-OH is 1. The van der Waals surface area contributed by atoms with Crippen LogP contribution in [0.2, 0.25) is 0 Å². The van der Waals surface area contributed by atoms with Crippen LogP contribution in [0.1, 0.15) is 5.56 Å². The molecule has 2 rings (SSSR count). The van der Waals surface area contributed by atoms with Gasteiger partial charge < -0.3 is 14.7 Å². The monoisotopic (exact) mass is 423 g/mol. The highest BCUT2D eigenvalue weighted by molar-refractivity contribution is 7.92. The molecule has 9 nitrogen and oxygen atoms in total. The Bertz CT molecular complexity index is 960. The first-order chi connectivity index (χ1) is 13.6. The number of nitrogens with zero attached hydrogens (tertiary/aromatic N) is 3. The van der Waals surface area contributed by atoms with Crippen LogP contribution in [0.4, 0.5) is 11.4 Å². The van der Waals surface area contributed by atoms with Crippen LogP contribution >= 0.6 is 0 Å². The number of hydrogen-bond donors (Lipinski definition) is 1. The fourth-order valence-corrected chi connectivity index (χ4v) is 4.33. The Hall–Kier alpha value is -2.69. The number of nitro benzene ring substituents is 1. The molecule has 0 fully saturated rings. The SMILES string of the molecule is COc1ccc([N+](=O)[O-])cc1N(C[C@H](O)CN(C)C)S(=O)(=O)c1ccc(C)cc1. The van der Waals surface area contributed by atoms with Crippen molar-refractivity contribution in [3.63, 3.8) is 0 Å². The van der Waals surface area contributed by atoms with Gasteiger partial charge in [-0.2, -0.15) is 0 Å². The maximum atomic E-state index is 13.4. The number of non-ortho nitro benzene ring substituents is 1. The summed E-state index contributed by atoms with van der Waals surface area (Å²) >= 11 is 0. The van der Waals surface area contributed by atoms with Crippen molar-refractivity contribution in [2.24, 2.45) is 0 Å². The third-order valence-electron chi connectivity index (χ3n) is 4.20. The van der Waals surface area contributed by atoms with Gasteiger partial charge in [0.15, 0.2) is 0 Å². The van der Waals surface area contributed by atoms with E-state index in [9.17, 15) is 23.6 Å². The molecule has 1 atom stereocenters. The van der Waals surface area contributed by atoms with Crippen LogP contribution in [0.15, 0.2) is 47.4 Å². The molecule has 0 aliphatic rings. The molecule has 0 spiro atoms. The van der Waals surface area contributed by atoms with Gasteiger partial charge in [-0.1, -0.05) is 17.7 Å². The average Bonchev–Trinajstić information content (AvgIpc) is 2.65. The smallest absolute Gasteiger partial charge is 0.271 e. The second kappa shape index (κ2) is 9.21. The van der Waals surface area contributed by atoms with Gasteiger partial charge in [0.2, 0.25) is 0 Å². The zero-order valence-corrected chi connectivity index (χ0v) is 17.6. The molecule has 0 heterocycles. The van der Waals surface area contributed by atoms with Crippen LogP contribution in [-0.4, -0.2) is 63.7 Å². The number of nitro groups is 1. The number of methoxy groups -OCH3 is 1. The first-order valence-electron chi connectivity index (χ1n) is 8.81. The van der Waals surface area contributed by atoms with E-state index in [1.807, 2.05) is 6.92 Å². The molecule has 0 aromatic heterocycles. The lowest BCUT2D eigenvalue weighted by atomic mass is 10.2. The Morgan fingerprint density at radius 1 is 1.14 bits per heavy atom. The van der Waals surface area contributed by atoms with E-state index in [0.717, 1.165) is 15.9 Å². The topological polar surface area (TPSA) is 113 Å². The van der Waals surface area contributed by atoms with Gasteiger partial charge in [0.05, 0.1) is 29.6 Å². The highest BCUT2D eigenvalue weighted by Gasteiger charge is 2.31. The van der Waals surface area contributed by atoms with Gasteiger partial charge in [0, 0.05) is 18.7 Å². The Balaban J connectivity index is 2.63. The highest BCUT2D eigenvalue weighted by atomic mass is 32.2. The summed E-state index contributed by atoms with van der Waals surface area (Å²) in [5.74, 6) is 0.142. The summed E-state index contributed by atoms with van der Waals surface area (Å²) in [6.07, 6.45) is -1.03. The highest BCUT2D eigenvalue weighted by Crippen LogP contribution is 2.35. The first-order valence-corrected chi connectivity index (χ1v) is 10.2. The van der Waals surface area contributed by atoms with Gasteiger partial charge in [-0.3, -0.25) is 14.4 Å². The van der Waals surface area contributed by atoms with Crippen LogP contribution < -0.4 is 9.04 Å². The molecule has 2 aromatic rings. The molecule has 10 heteroatoms. The maximum absolute atomic E-state index is 13.4. The minimum Gasteiger partial charge on any atom is -0.495 e. The zero-order chi connectivity index (χ0) is 21.8. The van der Waals surface area contributed by atoms with E-state index in [2.05, 4.69) is 0 Å². The van der Waals surface area contributed by atoms with Crippen molar-refractivity contribution in [1.82, 2.24) is 4.90 Å². The molecule has 0 aliphatic carbocycles. The van der Waals surface area contributed by atoms with Gasteiger partial charge in [-0.15, -0.1) is 0 Å². The molecule has 1 N–H and O–H groups in total. The standard InChI is InChI=1S/C19H25N3O6S/c1-14-5-8-17(9-6-14)29(26,27)21(13-16(23)12-20(2)3)18-11-15(22(24)25)7-10-19(18)28-4/h5-11,16,23H,12-13H2,1-4H3/t16-/m1/s1. The molecular weight excluding hydrogens is 398 g/mol. The number of aryl methyl sites for hydroxylation is 1. The Kier molecular flexibility index (Phi) is 7.17. The molecule has 0 bridgehead atoms. The summed E-state index contributed by atoms with van der Waals surface area (Å²) in [6.45, 7) is 1.74. The van der Waals surface area contributed by atoms with Crippen LogP contribution in [0.25, 0.3) is 0 Å². The van der Waals surface area contributed by atoms with Crippen LogP contribution in [0.3, 0.4) is 0 Å². The van der Waals surface area contributed by atoms with E-state index in [4.69, 9.17) is 4.74 Å². The van der Waals surface area contributed by atoms with Crippen molar-refractivity contribution in [1.29, 1.82) is 0 Å². The van der Waals surface area contributed by atoms with Gasteiger partial charge in [0.1, 0.15) is 11.4 Å². The number of aliphatic hydroxyl groups is 1. The lowest BCUT2D eigenvalue weighted by Crippen LogP contribution is -2.41. The molecule has 0 unspecified atom stereocenters. The number of sulfonamides is 1. The normalized spacial score (nSPS) is 12.6. The quantitative estimate of drug-likeness (QED) is 0.485. The molecule has 0 aliphatic heterocycles. The fourth-order valence-electron chi connectivity index (χ4n) is 2.82. The van der Waals surface area contributed by atoms with E-state index in [-0.39, 0.29) is 35.1 Å². The lowest BCUT2D eigenvalue weighted by Gasteiger charge is -2.29. The number of rotatable bonds is 9. The Morgan fingerprint density at radius 3 is 2.28 bits per heavy atom. The summed E-state index contributed by atoms with van der Waals surface area (Å²) in [6, 6.07) is 9.93. The molecule has 0 saturated carbocycles. The summed E-state index contributed by atoms with van der Waals surface area (Å²) in [5, 5.41) is 21.7. The van der Waals surface area contributed by atoms with Gasteiger partial charge in [-0.05, 0) is 39.2 Å². The molecule has 29 heavy (non-hydrogen) atoms. The molecule has 0 saturated heterocycles. The second-order valence-electron chi connectivity index (χ2n) is 6.88. The zero-order valence-electron chi connectivity index (χ0n) is 16.8. The third kappa shape index (κ3) is 5.43. The number of benzene rings is 2. The van der Waals surface area contributed by atoms with E-state index in [0.29, 0.717) is 0 Å². The van der Waals surface area contributed by atoms with Gasteiger partial charge in [0.25, 0.3) is 15.7 Å². The maximum Gasteiger partial charge on any atom is 0.271 e. The summed E-state index contributed by atoms with van der Waals surface area (Å²) in [7, 11) is 0.712. The number of likely N-dealkylation sites (N-methyl/N-ethyl adjacent to an activating group) is 1. The van der Waals surface area contributed by atoms with E-state index in [1.54, 1.807) is 31.1 Å². The molecule has 2 aromatic carbocycles. The van der Waals surface area contributed by atoms with Crippen molar-refractivity contribution in [3.05, 3.63) is 58.1 Å². The molecule has 0 amide bonds. The van der Waals surface area contributed by atoms with E-state index >= 15 is 0 Å². The first kappa shape index (κ1) is 22.6. The summed E-state index contributed by atoms with van der Waals surface area (Å²) < 4.78 is 33.0. The molecular formula is C19H25N3O6S. The molecule has 0 radical (unpaired) electrons. The molecule has 158 valence electrons. The van der Waals surface area contributed by atoms with Crippen molar-refractivity contribution >= 4 is 21.4 Å². The largest absolute Gasteiger partial charge is 0.495 e. The van der Waals surface area contributed by atoms with E-state index in [1.165, 1.54) is 31.4 Å². The van der Waals surface area contributed by atoms with Gasteiger partial charge in [-0.25, -0.2) is 8.42 Å². The lowest BCUT2D eigenvalue weighted by molar-refractivity contribution is -0.384. The summed E-state index contributed by atoms with van der Waals surface area (Å²) in [5.41, 5.74) is 0.586. The van der Waals surface area contributed by atoms with E-state index < -0.39 is 21.1 Å². The van der Waals surface area contributed by atoms with Crippen molar-refractivity contribution in [2.75, 3.05) is 38.6 Å². The van der Waals surface area contributed by atoms with Crippen molar-refractivity contribution < 1.29 is 23.2 Å². The third-order valence-corrected chi connectivity index (χ3v) is 6.00. The number of ether oxygens (including phenoxy) is 1. The minimum absolute atomic E-state index is 0.00807. The van der Waals surface area contributed by atoms with Gasteiger partial charge >= 0.3 is 0 Å². The number of hydrogen-bond acceptors (Lipinski definition) is 7. The Labute approximate surface area is 170 Å². The fraction of sp³-hybridized carbons (Fsp3) is 0.368. The van der Waals surface area contributed by atoms with Crippen LogP contribution in [0.5, 0.6) is 5.75 Å². The van der Waals surface area contributed by atoms with Crippen molar-refractivity contribution in [3.8, 4) is 5.75 Å². The van der Waals surface area contributed by atoms with Crippen LogP contribution in [0, 0.1) is 17.0 Å². The summed E-state index contributed by atoms with van der Waals surface area (Å²) in [4.78, 5) is 12.3. The Morgan fingerprint density at radius 2 is 1.76 bits per heavy atom. The predicted octanol–water partition coefficient (Wildman–Crippen LogP) is 2.03. The van der Waals surface area contributed by atoms with Crippen LogP contribution in [-0.2, 0) is 10.0 Å². The van der Waals surface area contributed by atoms with Crippen molar-refractivity contribution in [2.45, 2.75) is 17.9 Å². The second-order valence-corrected chi connectivity index (χ2v) is 8.74. The number of anilines is 1. The predicted molar refractivity (Wildman–Crippen MR) is 110 cm³/mol.